The third-order valence-electron chi connectivity index (χ3n) is 4.58. The lowest BCUT2D eigenvalue weighted by Gasteiger charge is -2.07. The van der Waals surface area contributed by atoms with Crippen LogP contribution in [0.1, 0.15) is 21.5 Å². The molecule has 4 rings (SSSR count). The summed E-state index contributed by atoms with van der Waals surface area (Å²) in [7, 11) is 0. The Hall–Kier alpha value is -4.00. The number of amides is 1. The van der Waals surface area contributed by atoms with Crippen molar-refractivity contribution in [3.63, 3.8) is 0 Å². The average Bonchev–Trinajstić information content (AvgIpc) is 3.22. The minimum atomic E-state index is -0.316. The lowest BCUT2D eigenvalue weighted by molar-refractivity contribution is 0.102. The standard InChI is InChI=1S/C24H19F2N3O2/c25-20-7-3-17(4-8-20)14-29-15-22(13-27-29)28-24(30)19-5-1-18(2-6-19)16-31-23-11-9-21(26)10-12-23/h1-13,15H,14,16H2,(H,28,30). The minimum Gasteiger partial charge on any atom is -0.489 e. The summed E-state index contributed by atoms with van der Waals surface area (Å²) in [5.74, 6) is -0.290. The Balaban J connectivity index is 1.31. The summed E-state index contributed by atoms with van der Waals surface area (Å²) in [6, 6.07) is 19.0. The van der Waals surface area contributed by atoms with Gasteiger partial charge in [-0.2, -0.15) is 5.10 Å². The number of nitrogens with one attached hydrogen (secondary N) is 1. The first-order chi connectivity index (χ1) is 15.0. The van der Waals surface area contributed by atoms with E-state index in [4.69, 9.17) is 4.74 Å². The summed E-state index contributed by atoms with van der Waals surface area (Å²) in [6.45, 7) is 0.780. The highest BCUT2D eigenvalue weighted by Gasteiger charge is 2.08. The largest absolute Gasteiger partial charge is 0.489 e. The Morgan fingerprint density at radius 1 is 0.871 bits per heavy atom. The van der Waals surface area contributed by atoms with E-state index in [0.717, 1.165) is 11.1 Å². The van der Waals surface area contributed by atoms with E-state index in [0.29, 0.717) is 30.2 Å². The van der Waals surface area contributed by atoms with Crippen molar-refractivity contribution in [3.8, 4) is 5.75 Å². The molecule has 0 aliphatic carbocycles. The number of carbonyl (C=O) groups is 1. The molecule has 3 aromatic carbocycles. The van der Waals surface area contributed by atoms with Crippen LogP contribution < -0.4 is 10.1 Å². The zero-order valence-electron chi connectivity index (χ0n) is 16.5. The van der Waals surface area contributed by atoms with Crippen LogP contribution >= 0.6 is 0 Å². The number of ether oxygens (including phenoxy) is 1. The maximum absolute atomic E-state index is 13.0. The molecule has 0 saturated heterocycles. The van der Waals surface area contributed by atoms with E-state index >= 15 is 0 Å². The van der Waals surface area contributed by atoms with Crippen LogP contribution in [-0.4, -0.2) is 15.7 Å². The van der Waals surface area contributed by atoms with Crippen LogP contribution in [0.5, 0.6) is 5.75 Å². The van der Waals surface area contributed by atoms with Gasteiger partial charge in [0.25, 0.3) is 5.91 Å². The molecule has 1 N–H and O–H groups in total. The second-order valence-corrected chi connectivity index (χ2v) is 6.95. The molecule has 5 nitrogen and oxygen atoms in total. The molecule has 1 heterocycles. The monoisotopic (exact) mass is 419 g/mol. The van der Waals surface area contributed by atoms with E-state index in [1.807, 2.05) is 0 Å². The second kappa shape index (κ2) is 9.21. The molecule has 0 fully saturated rings. The van der Waals surface area contributed by atoms with Crippen LogP contribution in [-0.2, 0) is 13.2 Å². The Bertz CT molecular complexity index is 1150. The molecule has 31 heavy (non-hydrogen) atoms. The third kappa shape index (κ3) is 5.54. The summed E-state index contributed by atoms with van der Waals surface area (Å²) in [4.78, 5) is 12.5. The van der Waals surface area contributed by atoms with E-state index in [-0.39, 0.29) is 17.5 Å². The maximum atomic E-state index is 13.0. The molecular weight excluding hydrogens is 400 g/mol. The van der Waals surface area contributed by atoms with Crippen molar-refractivity contribution < 1.29 is 18.3 Å². The molecule has 1 amide bonds. The van der Waals surface area contributed by atoms with E-state index in [1.165, 1.54) is 24.3 Å². The molecule has 0 spiro atoms. The molecule has 0 aliphatic heterocycles. The molecule has 0 aliphatic rings. The predicted molar refractivity (Wildman–Crippen MR) is 113 cm³/mol. The number of anilines is 1. The van der Waals surface area contributed by atoms with Gasteiger partial charge in [0.1, 0.15) is 24.0 Å². The van der Waals surface area contributed by atoms with E-state index < -0.39 is 0 Å². The van der Waals surface area contributed by atoms with E-state index in [9.17, 15) is 13.6 Å². The van der Waals surface area contributed by atoms with Gasteiger partial charge in [0.05, 0.1) is 18.4 Å². The molecule has 0 atom stereocenters. The molecule has 0 bridgehead atoms. The van der Waals surface area contributed by atoms with Gasteiger partial charge in [-0.25, -0.2) is 8.78 Å². The topological polar surface area (TPSA) is 56.2 Å². The van der Waals surface area contributed by atoms with Crippen molar-refractivity contribution in [2.75, 3.05) is 5.32 Å². The first-order valence-corrected chi connectivity index (χ1v) is 9.61. The number of benzene rings is 3. The molecule has 7 heteroatoms. The van der Waals surface area contributed by atoms with Gasteiger partial charge in [-0.1, -0.05) is 24.3 Å². The van der Waals surface area contributed by atoms with Crippen molar-refractivity contribution >= 4 is 11.6 Å². The van der Waals surface area contributed by atoms with Crippen molar-refractivity contribution in [2.24, 2.45) is 0 Å². The van der Waals surface area contributed by atoms with E-state index in [2.05, 4.69) is 10.4 Å². The predicted octanol–water partition coefficient (Wildman–Crippen LogP) is 5.04. The van der Waals surface area contributed by atoms with Gasteiger partial charge >= 0.3 is 0 Å². The summed E-state index contributed by atoms with van der Waals surface area (Å²) >= 11 is 0. The smallest absolute Gasteiger partial charge is 0.255 e. The van der Waals surface area contributed by atoms with E-state index in [1.54, 1.807) is 65.6 Å². The Kier molecular flexibility index (Phi) is 6.03. The summed E-state index contributed by atoms with van der Waals surface area (Å²) < 4.78 is 33.2. The van der Waals surface area contributed by atoms with Gasteiger partial charge in [0.2, 0.25) is 0 Å². The quantitative estimate of drug-likeness (QED) is 0.457. The fourth-order valence-corrected chi connectivity index (χ4v) is 2.94. The molecular formula is C24H19F2N3O2. The first kappa shape index (κ1) is 20.3. The van der Waals surface area contributed by atoms with Gasteiger partial charge in [0, 0.05) is 11.8 Å². The molecule has 4 aromatic rings. The fraction of sp³-hybridized carbons (Fsp3) is 0.0833. The number of rotatable bonds is 7. The zero-order valence-corrected chi connectivity index (χ0v) is 16.5. The number of hydrogen-bond acceptors (Lipinski definition) is 3. The van der Waals surface area contributed by atoms with Crippen LogP contribution in [0, 0.1) is 11.6 Å². The maximum Gasteiger partial charge on any atom is 0.255 e. The van der Waals surface area contributed by atoms with Gasteiger partial charge in [-0.15, -0.1) is 0 Å². The van der Waals surface area contributed by atoms with Crippen LogP contribution in [0.4, 0.5) is 14.5 Å². The van der Waals surface area contributed by atoms with Crippen molar-refractivity contribution in [1.82, 2.24) is 9.78 Å². The molecule has 1 aromatic heterocycles. The van der Waals surface area contributed by atoms with Gasteiger partial charge in [-0.05, 0) is 59.7 Å². The normalized spacial score (nSPS) is 10.6. The molecule has 156 valence electrons. The summed E-state index contributed by atoms with van der Waals surface area (Å²) in [5.41, 5.74) is 2.85. The highest BCUT2D eigenvalue weighted by atomic mass is 19.1. The van der Waals surface area contributed by atoms with Gasteiger partial charge < -0.3 is 10.1 Å². The van der Waals surface area contributed by atoms with Crippen LogP contribution in [0.3, 0.4) is 0 Å². The summed E-state index contributed by atoms with van der Waals surface area (Å²) in [5, 5.41) is 7.03. The number of aromatic nitrogens is 2. The molecule has 0 radical (unpaired) electrons. The second-order valence-electron chi connectivity index (χ2n) is 6.95. The molecule has 0 unspecified atom stereocenters. The summed E-state index contributed by atoms with van der Waals surface area (Å²) in [6.07, 6.45) is 3.28. The lowest BCUT2D eigenvalue weighted by Crippen LogP contribution is -2.11. The van der Waals surface area contributed by atoms with Gasteiger partial charge in [0.15, 0.2) is 0 Å². The lowest BCUT2D eigenvalue weighted by atomic mass is 10.1. The zero-order chi connectivity index (χ0) is 21.6. The fourth-order valence-electron chi connectivity index (χ4n) is 2.94. The Morgan fingerprint density at radius 3 is 2.16 bits per heavy atom. The minimum absolute atomic E-state index is 0.257. The Labute approximate surface area is 177 Å². The number of halogens is 2. The van der Waals surface area contributed by atoms with Gasteiger partial charge in [-0.3, -0.25) is 9.48 Å². The molecule has 0 saturated carbocycles. The van der Waals surface area contributed by atoms with Crippen LogP contribution in [0.2, 0.25) is 0 Å². The number of nitrogens with zero attached hydrogens (tertiary/aromatic N) is 2. The van der Waals surface area contributed by atoms with Crippen LogP contribution in [0.15, 0.2) is 85.2 Å². The van der Waals surface area contributed by atoms with Crippen molar-refractivity contribution in [2.45, 2.75) is 13.2 Å². The SMILES string of the molecule is O=C(Nc1cnn(Cc2ccc(F)cc2)c1)c1ccc(COc2ccc(F)cc2)cc1. The Morgan fingerprint density at radius 2 is 1.48 bits per heavy atom. The highest BCUT2D eigenvalue weighted by Crippen LogP contribution is 2.15. The number of carbonyl (C=O) groups excluding carboxylic acids is 1. The number of hydrogen-bond donors (Lipinski definition) is 1. The first-order valence-electron chi connectivity index (χ1n) is 9.61. The van der Waals surface area contributed by atoms with Crippen molar-refractivity contribution in [1.29, 1.82) is 0 Å². The van der Waals surface area contributed by atoms with Crippen LogP contribution in [0.25, 0.3) is 0 Å². The third-order valence-corrected chi connectivity index (χ3v) is 4.58. The average molecular weight is 419 g/mol. The highest BCUT2D eigenvalue weighted by molar-refractivity contribution is 6.04. The van der Waals surface area contributed by atoms with Crippen molar-refractivity contribution in [3.05, 3.63) is 114 Å².